The van der Waals surface area contributed by atoms with Crippen LogP contribution in [-0.2, 0) is 23.8 Å². The van der Waals surface area contributed by atoms with Crippen molar-refractivity contribution in [1.82, 2.24) is 5.32 Å². The molecule has 11 heteroatoms. The molecule has 1 heterocycles. The van der Waals surface area contributed by atoms with E-state index in [1.54, 1.807) is 12.2 Å². The average molecular weight is 1090 g/mol. The molecule has 440 valence electrons. The number of nitrogens with one attached hydrogen (secondary N) is 1. The first-order valence-electron chi connectivity index (χ1n) is 30.1. The molecule has 8 atom stereocenters. The molecule has 1 aliphatic heterocycles. The number of aliphatic hydroxyl groups is 5. The van der Waals surface area contributed by atoms with Crippen LogP contribution in [0.5, 0.6) is 0 Å². The molecule has 1 rings (SSSR count). The summed E-state index contributed by atoms with van der Waals surface area (Å²) < 4.78 is 17.5. The van der Waals surface area contributed by atoms with Crippen LogP contribution in [0.2, 0.25) is 0 Å². The maximum absolute atomic E-state index is 13.4. The predicted molar refractivity (Wildman–Crippen MR) is 324 cm³/mol. The van der Waals surface area contributed by atoms with Crippen LogP contribution in [0.25, 0.3) is 0 Å². The summed E-state index contributed by atoms with van der Waals surface area (Å²) in [4.78, 5) is 26.5. The van der Waals surface area contributed by atoms with Crippen LogP contribution in [0.1, 0.15) is 201 Å². The van der Waals surface area contributed by atoms with Gasteiger partial charge in [0.2, 0.25) is 5.91 Å². The van der Waals surface area contributed by atoms with E-state index in [2.05, 4.69) is 142 Å². The van der Waals surface area contributed by atoms with Gasteiger partial charge in [-0.2, -0.15) is 0 Å². The lowest BCUT2D eigenvalue weighted by Crippen LogP contribution is -2.61. The summed E-state index contributed by atoms with van der Waals surface area (Å²) in [6.45, 7) is 5.47. The zero-order valence-corrected chi connectivity index (χ0v) is 48.5. The lowest BCUT2D eigenvalue weighted by molar-refractivity contribution is -0.305. The minimum atomic E-state index is -1.65. The van der Waals surface area contributed by atoms with E-state index in [4.69, 9.17) is 14.2 Å². The summed E-state index contributed by atoms with van der Waals surface area (Å²) >= 11 is 0. The fraction of sp³-hybridized carbons (Fsp3) is 0.612. The SMILES string of the molecule is CC/C=C\C/C=C\C/C=C\C/C=C\C/C=C\C/C=C\CC(O)C(=O)NC(COC1OC(CO)C(O)C(O)C1OC(=O)CCCCC/C=C\C/C=C\C/C=C\C/C=C\C/C=C\CC)C(O)/C=C/CCCCCCCCCCCC. The van der Waals surface area contributed by atoms with Crippen molar-refractivity contribution in [2.45, 2.75) is 250 Å². The van der Waals surface area contributed by atoms with Gasteiger partial charge in [-0.05, 0) is 103 Å². The van der Waals surface area contributed by atoms with Gasteiger partial charge in [-0.3, -0.25) is 9.59 Å². The predicted octanol–water partition coefficient (Wildman–Crippen LogP) is 14.2. The van der Waals surface area contributed by atoms with Gasteiger partial charge in [0.15, 0.2) is 12.4 Å². The molecule has 0 radical (unpaired) electrons. The third kappa shape index (κ3) is 40.7. The van der Waals surface area contributed by atoms with Gasteiger partial charge in [-0.1, -0.05) is 231 Å². The molecule has 0 saturated carbocycles. The summed E-state index contributed by atoms with van der Waals surface area (Å²) in [7, 11) is 0. The van der Waals surface area contributed by atoms with Crippen LogP contribution in [0.3, 0.4) is 0 Å². The van der Waals surface area contributed by atoms with Gasteiger partial charge >= 0.3 is 5.97 Å². The Bertz CT molecular complexity index is 1820. The van der Waals surface area contributed by atoms with E-state index < -0.39 is 67.4 Å². The van der Waals surface area contributed by atoms with Crippen molar-refractivity contribution >= 4 is 11.9 Å². The van der Waals surface area contributed by atoms with E-state index >= 15 is 0 Å². The minimum Gasteiger partial charge on any atom is -0.454 e. The second kappa shape index (κ2) is 53.2. The van der Waals surface area contributed by atoms with Crippen molar-refractivity contribution in [2.75, 3.05) is 13.2 Å². The van der Waals surface area contributed by atoms with Gasteiger partial charge in [-0.15, -0.1) is 0 Å². The normalized spacial score (nSPS) is 20.0. The fourth-order valence-electron chi connectivity index (χ4n) is 8.28. The lowest BCUT2D eigenvalue weighted by atomic mass is 9.99. The molecule has 0 spiro atoms. The maximum atomic E-state index is 13.4. The Hall–Kier alpha value is -4.46. The van der Waals surface area contributed by atoms with Crippen molar-refractivity contribution < 1.29 is 49.3 Å². The largest absolute Gasteiger partial charge is 0.454 e. The first-order chi connectivity index (χ1) is 38.2. The van der Waals surface area contributed by atoms with E-state index in [0.717, 1.165) is 109 Å². The molecular weight excluding hydrogens is 979 g/mol. The Labute approximate surface area is 473 Å². The molecule has 0 bridgehead atoms. The fourth-order valence-corrected chi connectivity index (χ4v) is 8.28. The number of amides is 1. The molecule has 0 aromatic heterocycles. The van der Waals surface area contributed by atoms with E-state index in [9.17, 15) is 35.1 Å². The Morgan fingerprint density at radius 1 is 0.513 bits per heavy atom. The van der Waals surface area contributed by atoms with Crippen molar-refractivity contribution in [3.05, 3.63) is 146 Å². The summed E-state index contributed by atoms with van der Waals surface area (Å²) in [5.74, 6) is -1.33. The molecule has 1 saturated heterocycles. The Kier molecular flexibility index (Phi) is 48.8. The highest BCUT2D eigenvalue weighted by atomic mass is 16.7. The first kappa shape index (κ1) is 71.6. The number of rotatable bonds is 48. The molecule has 8 unspecified atom stereocenters. The van der Waals surface area contributed by atoms with E-state index in [0.29, 0.717) is 12.8 Å². The number of hydrogen-bond donors (Lipinski definition) is 6. The molecule has 0 aromatic carbocycles. The van der Waals surface area contributed by atoms with E-state index in [1.165, 1.54) is 44.9 Å². The van der Waals surface area contributed by atoms with Crippen LogP contribution in [-0.4, -0.2) is 99.6 Å². The highest BCUT2D eigenvalue weighted by Crippen LogP contribution is 2.26. The highest BCUT2D eigenvalue weighted by Gasteiger charge is 2.47. The summed E-state index contributed by atoms with van der Waals surface area (Å²) in [6, 6.07) is -1.08. The van der Waals surface area contributed by atoms with E-state index in [-0.39, 0.29) is 19.4 Å². The number of carbonyl (C=O) groups excluding carboxylic acids is 2. The van der Waals surface area contributed by atoms with E-state index in [1.807, 2.05) is 18.2 Å². The van der Waals surface area contributed by atoms with Crippen molar-refractivity contribution in [1.29, 1.82) is 0 Å². The summed E-state index contributed by atoms with van der Waals surface area (Å²) in [5, 5.41) is 56.8. The number of unbranched alkanes of at least 4 members (excludes halogenated alkanes) is 13. The standard InChI is InChI=1S/C67H107NO10/c1-4-7-10-13-16-19-22-25-27-29-31-33-35-37-40-43-46-49-52-55-62(72)78-65-64(74)63(73)61(56-69)77-67(65)76-57-58(59(70)53-50-47-44-41-38-24-21-18-15-12-9-6-3)68-66(75)60(71)54-51-48-45-42-39-36-34-32-30-28-26-23-20-17-14-11-8-5-2/h7-8,10-11,16-17,19-20,25-28,31-34,37,39-40,42,48,50-51,53,58-61,63-65,67,69-71,73-74H,4-6,9,12-15,18,21-24,29-30,35-36,38,41,43-47,49,52,54-57H2,1-3H3,(H,68,75)/b10-7-,11-8-,19-16-,20-17-,27-25-,28-26-,33-31-,34-32-,40-37-,42-39-,51-48-,53-50+. The monoisotopic (exact) mass is 1090 g/mol. The van der Waals surface area contributed by atoms with Gasteiger partial charge in [0.25, 0.3) is 0 Å². The van der Waals surface area contributed by atoms with Gasteiger partial charge in [0.1, 0.15) is 24.4 Å². The van der Waals surface area contributed by atoms with Crippen molar-refractivity contribution in [3.8, 4) is 0 Å². The number of aliphatic hydroxyl groups excluding tert-OH is 5. The molecule has 1 fully saturated rings. The molecular formula is C67H107NO10. The average Bonchev–Trinajstić information content (AvgIpc) is 3.44. The Balaban J connectivity index is 2.79. The van der Waals surface area contributed by atoms with Gasteiger partial charge in [0.05, 0.1) is 25.4 Å². The lowest BCUT2D eigenvalue weighted by Gasteiger charge is -2.41. The zero-order valence-electron chi connectivity index (χ0n) is 48.5. The van der Waals surface area contributed by atoms with Crippen molar-refractivity contribution in [2.24, 2.45) is 0 Å². The Morgan fingerprint density at radius 2 is 0.923 bits per heavy atom. The zero-order chi connectivity index (χ0) is 56.8. The van der Waals surface area contributed by atoms with Crippen LogP contribution in [0.15, 0.2) is 146 Å². The summed E-state index contributed by atoms with van der Waals surface area (Å²) in [6.07, 6.45) is 66.1. The Morgan fingerprint density at radius 3 is 1.38 bits per heavy atom. The molecule has 11 nitrogen and oxygen atoms in total. The molecule has 6 N–H and O–H groups in total. The third-order valence-corrected chi connectivity index (χ3v) is 13.0. The number of hydrogen-bond acceptors (Lipinski definition) is 10. The molecule has 1 amide bonds. The molecule has 0 aliphatic carbocycles. The topological polar surface area (TPSA) is 175 Å². The number of allylic oxidation sites excluding steroid dienone is 22. The van der Waals surface area contributed by atoms with Crippen LogP contribution in [0.4, 0.5) is 0 Å². The second-order valence-electron chi connectivity index (χ2n) is 20.0. The number of esters is 1. The van der Waals surface area contributed by atoms with Gasteiger partial charge in [-0.25, -0.2) is 0 Å². The third-order valence-electron chi connectivity index (χ3n) is 13.0. The molecule has 0 aromatic rings. The van der Waals surface area contributed by atoms with Gasteiger partial charge in [0, 0.05) is 12.8 Å². The number of carbonyl (C=O) groups is 2. The van der Waals surface area contributed by atoms with Crippen LogP contribution < -0.4 is 5.32 Å². The van der Waals surface area contributed by atoms with Crippen LogP contribution in [0, 0.1) is 0 Å². The first-order valence-corrected chi connectivity index (χ1v) is 30.1. The molecule has 1 aliphatic rings. The smallest absolute Gasteiger partial charge is 0.306 e. The molecule has 78 heavy (non-hydrogen) atoms. The second-order valence-corrected chi connectivity index (χ2v) is 20.0. The summed E-state index contributed by atoms with van der Waals surface area (Å²) in [5.41, 5.74) is 0. The quantitative estimate of drug-likeness (QED) is 0.0195. The number of ether oxygens (including phenoxy) is 3. The van der Waals surface area contributed by atoms with Crippen LogP contribution >= 0.6 is 0 Å². The highest BCUT2D eigenvalue weighted by molar-refractivity contribution is 5.81. The van der Waals surface area contributed by atoms with Crippen molar-refractivity contribution in [3.63, 3.8) is 0 Å². The van der Waals surface area contributed by atoms with Gasteiger partial charge < -0.3 is 45.1 Å². The maximum Gasteiger partial charge on any atom is 0.306 e. The minimum absolute atomic E-state index is 0.0458.